The number of nitrogens with zero attached hydrogens (tertiary/aromatic N) is 1. The van der Waals surface area contributed by atoms with Crippen LogP contribution in [0.3, 0.4) is 0 Å². The molecule has 49 heavy (non-hydrogen) atoms. The Balaban J connectivity index is 1.15. The van der Waals surface area contributed by atoms with E-state index in [0.29, 0.717) is 0 Å². The third-order valence-electron chi connectivity index (χ3n) is 9.67. The molecular formula is C46H29NS2. The van der Waals surface area contributed by atoms with Gasteiger partial charge in [0.25, 0.3) is 0 Å². The summed E-state index contributed by atoms with van der Waals surface area (Å²) < 4.78 is 5.24. The molecule has 0 unspecified atom stereocenters. The first-order valence-electron chi connectivity index (χ1n) is 16.6. The summed E-state index contributed by atoms with van der Waals surface area (Å²) in [6.07, 6.45) is 0. The zero-order valence-electron chi connectivity index (χ0n) is 26.5. The third kappa shape index (κ3) is 4.74. The fraction of sp³-hybridized carbons (Fsp3) is 0. The second kappa shape index (κ2) is 11.5. The molecule has 0 amide bonds. The summed E-state index contributed by atoms with van der Waals surface area (Å²) in [6, 6.07) is 64.5. The van der Waals surface area contributed by atoms with Crippen molar-refractivity contribution in [2.75, 3.05) is 4.90 Å². The van der Waals surface area contributed by atoms with Gasteiger partial charge in [-0.05, 0) is 81.6 Å². The molecule has 0 saturated carbocycles. The summed E-state index contributed by atoms with van der Waals surface area (Å²) in [5, 5.41) is 7.77. The van der Waals surface area contributed by atoms with E-state index in [1.165, 1.54) is 73.4 Å². The van der Waals surface area contributed by atoms with Crippen molar-refractivity contribution in [2.24, 2.45) is 0 Å². The molecule has 0 aliphatic carbocycles. The van der Waals surface area contributed by atoms with Crippen LogP contribution in [0.1, 0.15) is 0 Å². The summed E-state index contributed by atoms with van der Waals surface area (Å²) in [6.45, 7) is 0. The summed E-state index contributed by atoms with van der Waals surface area (Å²) in [4.78, 5) is 2.42. The van der Waals surface area contributed by atoms with Gasteiger partial charge in [0.1, 0.15) is 0 Å². The molecule has 0 bridgehead atoms. The highest BCUT2D eigenvalue weighted by atomic mass is 32.1. The van der Waals surface area contributed by atoms with Crippen LogP contribution in [0.25, 0.3) is 73.4 Å². The van der Waals surface area contributed by atoms with Gasteiger partial charge in [-0.3, -0.25) is 0 Å². The standard InChI is InChI=1S/C46H29NS2/c1-2-10-30(11-3-1)37-25-20-31-12-4-5-13-36(31)46(37)32-18-21-33(22-19-32)47(34-23-26-40-38-14-6-8-16-42(38)48-44(40)28-34)35-24-27-41-39-15-7-9-17-43(39)49-45(41)29-35/h1-29H. The Morgan fingerprint density at radius 2 is 0.837 bits per heavy atom. The van der Waals surface area contributed by atoms with Gasteiger partial charge in [-0.15, -0.1) is 22.7 Å². The van der Waals surface area contributed by atoms with Crippen LogP contribution in [0.4, 0.5) is 17.1 Å². The summed E-state index contributed by atoms with van der Waals surface area (Å²) >= 11 is 3.73. The zero-order valence-corrected chi connectivity index (χ0v) is 28.1. The highest BCUT2D eigenvalue weighted by Gasteiger charge is 2.18. The molecule has 0 fully saturated rings. The number of rotatable bonds is 5. The Labute approximate surface area is 292 Å². The average molecular weight is 660 g/mol. The van der Waals surface area contributed by atoms with Gasteiger partial charge in [0.05, 0.1) is 0 Å². The minimum absolute atomic E-state index is 1.13. The first-order chi connectivity index (χ1) is 24.3. The van der Waals surface area contributed by atoms with E-state index in [0.717, 1.165) is 17.1 Å². The quantitative estimate of drug-likeness (QED) is 0.178. The Morgan fingerprint density at radius 1 is 0.327 bits per heavy atom. The molecule has 0 saturated heterocycles. The van der Waals surface area contributed by atoms with Gasteiger partial charge in [0, 0.05) is 57.4 Å². The van der Waals surface area contributed by atoms with E-state index < -0.39 is 0 Å². The lowest BCUT2D eigenvalue weighted by Gasteiger charge is -2.26. The van der Waals surface area contributed by atoms with Crippen LogP contribution < -0.4 is 4.90 Å². The van der Waals surface area contributed by atoms with Crippen LogP contribution in [-0.4, -0.2) is 0 Å². The number of hydrogen-bond donors (Lipinski definition) is 0. The lowest BCUT2D eigenvalue weighted by molar-refractivity contribution is 1.30. The van der Waals surface area contributed by atoms with Crippen LogP contribution in [0.5, 0.6) is 0 Å². The Hall–Kier alpha value is -5.74. The number of thiophene rings is 2. The third-order valence-corrected chi connectivity index (χ3v) is 11.9. The van der Waals surface area contributed by atoms with E-state index in [1.807, 2.05) is 22.7 Å². The molecule has 2 aromatic heterocycles. The van der Waals surface area contributed by atoms with Gasteiger partial charge in [-0.25, -0.2) is 0 Å². The SMILES string of the molecule is c1ccc(-c2ccc3ccccc3c2-c2ccc(N(c3ccc4c(c3)sc3ccccc34)c3ccc4c(c3)sc3ccccc34)cc2)cc1. The van der Waals surface area contributed by atoms with E-state index in [-0.39, 0.29) is 0 Å². The Morgan fingerprint density at radius 3 is 1.47 bits per heavy atom. The van der Waals surface area contributed by atoms with Crippen molar-refractivity contribution in [1.29, 1.82) is 0 Å². The van der Waals surface area contributed by atoms with Gasteiger partial charge in [0.15, 0.2) is 0 Å². The highest BCUT2D eigenvalue weighted by molar-refractivity contribution is 7.26. The fourth-order valence-corrected chi connectivity index (χ4v) is 9.65. The van der Waals surface area contributed by atoms with Crippen LogP contribution in [0.15, 0.2) is 176 Å². The Kier molecular flexibility index (Phi) is 6.61. The number of fused-ring (bicyclic) bond motifs is 7. The van der Waals surface area contributed by atoms with Gasteiger partial charge in [-0.2, -0.15) is 0 Å². The molecule has 10 rings (SSSR count). The van der Waals surface area contributed by atoms with E-state index >= 15 is 0 Å². The maximum absolute atomic E-state index is 2.42. The molecule has 0 radical (unpaired) electrons. The largest absolute Gasteiger partial charge is 0.310 e. The number of hydrogen-bond acceptors (Lipinski definition) is 3. The molecule has 0 aliphatic heterocycles. The van der Waals surface area contributed by atoms with Crippen molar-refractivity contribution in [1.82, 2.24) is 0 Å². The lowest BCUT2D eigenvalue weighted by Crippen LogP contribution is -2.09. The van der Waals surface area contributed by atoms with Crippen LogP contribution in [0, 0.1) is 0 Å². The van der Waals surface area contributed by atoms with Crippen LogP contribution in [0.2, 0.25) is 0 Å². The first-order valence-corrected chi connectivity index (χ1v) is 18.2. The topological polar surface area (TPSA) is 3.24 Å². The monoisotopic (exact) mass is 659 g/mol. The summed E-state index contributed by atoms with van der Waals surface area (Å²) in [5.41, 5.74) is 8.38. The maximum atomic E-state index is 2.42. The van der Waals surface area contributed by atoms with E-state index in [4.69, 9.17) is 0 Å². The zero-order chi connectivity index (χ0) is 32.3. The van der Waals surface area contributed by atoms with Crippen molar-refractivity contribution in [3.8, 4) is 22.3 Å². The number of benzene rings is 8. The molecule has 0 spiro atoms. The molecule has 0 atom stereocenters. The average Bonchev–Trinajstić information content (AvgIpc) is 3.73. The molecule has 3 heteroatoms. The van der Waals surface area contributed by atoms with Gasteiger partial charge >= 0.3 is 0 Å². The highest BCUT2D eigenvalue weighted by Crippen LogP contribution is 2.44. The second-order valence-electron chi connectivity index (χ2n) is 12.5. The molecule has 230 valence electrons. The van der Waals surface area contributed by atoms with Crippen molar-refractivity contribution >= 4 is 90.9 Å². The Bertz CT molecular complexity index is 2710. The van der Waals surface area contributed by atoms with Gasteiger partial charge in [-0.1, -0.05) is 127 Å². The summed E-state index contributed by atoms with van der Waals surface area (Å²) in [5.74, 6) is 0. The molecule has 0 aliphatic rings. The molecule has 1 nitrogen and oxygen atoms in total. The molecule has 10 aromatic rings. The molecule has 2 heterocycles. The predicted octanol–water partition coefficient (Wildman–Crippen LogP) is 14.4. The van der Waals surface area contributed by atoms with E-state index in [2.05, 4.69) is 181 Å². The van der Waals surface area contributed by atoms with E-state index in [9.17, 15) is 0 Å². The van der Waals surface area contributed by atoms with E-state index in [1.54, 1.807) is 0 Å². The van der Waals surface area contributed by atoms with Crippen LogP contribution >= 0.6 is 22.7 Å². The van der Waals surface area contributed by atoms with Gasteiger partial charge in [0.2, 0.25) is 0 Å². The van der Waals surface area contributed by atoms with Crippen LogP contribution in [-0.2, 0) is 0 Å². The van der Waals surface area contributed by atoms with Crippen molar-refractivity contribution in [3.05, 3.63) is 176 Å². The molecule has 8 aromatic carbocycles. The maximum Gasteiger partial charge on any atom is 0.0476 e. The minimum Gasteiger partial charge on any atom is -0.310 e. The van der Waals surface area contributed by atoms with Crippen molar-refractivity contribution < 1.29 is 0 Å². The van der Waals surface area contributed by atoms with Crippen molar-refractivity contribution in [3.63, 3.8) is 0 Å². The molecule has 0 N–H and O–H groups in total. The smallest absolute Gasteiger partial charge is 0.0476 e. The lowest BCUT2D eigenvalue weighted by atomic mass is 9.89. The predicted molar refractivity (Wildman–Crippen MR) is 215 cm³/mol. The van der Waals surface area contributed by atoms with Gasteiger partial charge < -0.3 is 4.90 Å². The second-order valence-corrected chi connectivity index (χ2v) is 14.7. The molecular weight excluding hydrogens is 631 g/mol. The normalized spacial score (nSPS) is 11.7. The fourth-order valence-electron chi connectivity index (χ4n) is 7.37. The number of anilines is 3. The summed E-state index contributed by atoms with van der Waals surface area (Å²) in [7, 11) is 0. The minimum atomic E-state index is 1.13. The van der Waals surface area contributed by atoms with Crippen molar-refractivity contribution in [2.45, 2.75) is 0 Å². The first kappa shape index (κ1) is 28.3.